The first kappa shape index (κ1) is 14.0. The highest BCUT2D eigenvalue weighted by molar-refractivity contribution is 5.86. The van der Waals surface area contributed by atoms with Crippen LogP contribution in [-0.2, 0) is 14.3 Å². The summed E-state index contributed by atoms with van der Waals surface area (Å²) < 4.78 is 5.41. The maximum atomic E-state index is 11.8. The summed E-state index contributed by atoms with van der Waals surface area (Å²) >= 11 is 0. The maximum absolute atomic E-state index is 11.8. The van der Waals surface area contributed by atoms with Crippen molar-refractivity contribution in [3.8, 4) is 0 Å². The van der Waals surface area contributed by atoms with Crippen LogP contribution in [0.15, 0.2) is 0 Å². The Kier molecular flexibility index (Phi) is 4.93. The maximum Gasteiger partial charge on any atom is 0.326 e. The van der Waals surface area contributed by atoms with Gasteiger partial charge in [-0.2, -0.15) is 0 Å². The average Bonchev–Trinajstić information content (AvgIpc) is 2.71. The van der Waals surface area contributed by atoms with Crippen molar-refractivity contribution in [3.05, 3.63) is 0 Å². The van der Waals surface area contributed by atoms with Crippen molar-refractivity contribution >= 4 is 11.9 Å². The molecule has 3 unspecified atom stereocenters. The summed E-state index contributed by atoms with van der Waals surface area (Å²) in [4.78, 5) is 22.9. The summed E-state index contributed by atoms with van der Waals surface area (Å²) in [5, 5.41) is 11.6. The number of hydrogen-bond acceptors (Lipinski definition) is 3. The summed E-state index contributed by atoms with van der Waals surface area (Å²) in [7, 11) is 0. The van der Waals surface area contributed by atoms with Gasteiger partial charge in [0, 0.05) is 0 Å². The molecule has 0 aromatic carbocycles. The van der Waals surface area contributed by atoms with Crippen molar-refractivity contribution in [3.63, 3.8) is 0 Å². The molecule has 5 nitrogen and oxygen atoms in total. The van der Waals surface area contributed by atoms with Gasteiger partial charge in [-0.3, -0.25) is 4.79 Å². The van der Waals surface area contributed by atoms with Crippen molar-refractivity contribution in [2.75, 3.05) is 0 Å². The summed E-state index contributed by atoms with van der Waals surface area (Å²) in [6.07, 6.45) is 1.81. The quantitative estimate of drug-likeness (QED) is 0.760. The molecule has 0 radical (unpaired) electrons. The molecule has 4 atom stereocenters. The lowest BCUT2D eigenvalue weighted by Crippen LogP contribution is -2.48. The van der Waals surface area contributed by atoms with E-state index in [0.29, 0.717) is 12.8 Å². The number of carboxylic acids is 1. The van der Waals surface area contributed by atoms with Gasteiger partial charge >= 0.3 is 5.97 Å². The number of hydrogen-bond donors (Lipinski definition) is 2. The fourth-order valence-electron chi connectivity index (χ4n) is 1.92. The van der Waals surface area contributed by atoms with Crippen molar-refractivity contribution < 1.29 is 19.4 Å². The zero-order valence-corrected chi connectivity index (χ0v) is 10.6. The molecule has 5 heteroatoms. The molecule has 1 amide bonds. The van der Waals surface area contributed by atoms with Gasteiger partial charge in [0.15, 0.2) is 0 Å². The van der Waals surface area contributed by atoms with Gasteiger partial charge in [0.2, 0.25) is 5.91 Å². The predicted molar refractivity (Wildman–Crippen MR) is 62.6 cm³/mol. The van der Waals surface area contributed by atoms with E-state index in [4.69, 9.17) is 9.84 Å². The molecule has 98 valence electrons. The number of aliphatic carboxylic acids is 1. The zero-order valence-electron chi connectivity index (χ0n) is 10.6. The molecule has 17 heavy (non-hydrogen) atoms. The smallest absolute Gasteiger partial charge is 0.326 e. The second-order valence-electron chi connectivity index (χ2n) is 4.72. The average molecular weight is 243 g/mol. The summed E-state index contributed by atoms with van der Waals surface area (Å²) in [6.45, 7) is 5.63. The molecule has 1 aliphatic rings. The van der Waals surface area contributed by atoms with Crippen LogP contribution in [0.5, 0.6) is 0 Å². The Morgan fingerprint density at radius 2 is 2.12 bits per heavy atom. The topological polar surface area (TPSA) is 75.6 Å². The first-order valence-corrected chi connectivity index (χ1v) is 6.14. The molecular weight excluding hydrogens is 222 g/mol. The van der Waals surface area contributed by atoms with Crippen LogP contribution in [-0.4, -0.2) is 35.2 Å². The van der Waals surface area contributed by atoms with Crippen LogP contribution >= 0.6 is 0 Å². The second kappa shape index (κ2) is 6.00. The monoisotopic (exact) mass is 243 g/mol. The van der Waals surface area contributed by atoms with Crippen LogP contribution in [0.4, 0.5) is 0 Å². The van der Waals surface area contributed by atoms with Crippen LogP contribution < -0.4 is 5.32 Å². The van der Waals surface area contributed by atoms with E-state index in [2.05, 4.69) is 5.32 Å². The van der Waals surface area contributed by atoms with Crippen molar-refractivity contribution in [2.24, 2.45) is 5.92 Å². The fourth-order valence-corrected chi connectivity index (χ4v) is 1.92. The Morgan fingerprint density at radius 1 is 1.47 bits per heavy atom. The molecule has 1 saturated heterocycles. The first-order valence-electron chi connectivity index (χ1n) is 6.14. The highest BCUT2D eigenvalue weighted by atomic mass is 16.5. The molecule has 0 saturated carbocycles. The fraction of sp³-hybridized carbons (Fsp3) is 0.833. The van der Waals surface area contributed by atoms with E-state index in [-0.39, 0.29) is 17.9 Å². The number of amides is 1. The number of carboxylic acid groups (broad SMARTS) is 1. The van der Waals surface area contributed by atoms with Gasteiger partial charge in [-0.25, -0.2) is 4.79 Å². The van der Waals surface area contributed by atoms with Gasteiger partial charge in [0.25, 0.3) is 0 Å². The predicted octanol–water partition coefficient (Wildman–Crippen LogP) is 1.17. The normalized spacial score (nSPS) is 27.5. The Morgan fingerprint density at radius 3 is 2.53 bits per heavy atom. The molecule has 0 aromatic heterocycles. The van der Waals surface area contributed by atoms with Crippen LogP contribution in [0, 0.1) is 5.92 Å². The minimum atomic E-state index is -0.987. The zero-order chi connectivity index (χ0) is 13.0. The first-order chi connectivity index (χ1) is 7.95. The van der Waals surface area contributed by atoms with Gasteiger partial charge in [0.05, 0.1) is 6.10 Å². The third-order valence-electron chi connectivity index (χ3n) is 3.30. The Bertz CT molecular complexity index is 292. The molecule has 1 aliphatic heterocycles. The third kappa shape index (κ3) is 3.70. The molecule has 0 aliphatic carbocycles. The lowest BCUT2D eigenvalue weighted by atomic mass is 9.99. The lowest BCUT2D eigenvalue weighted by molar-refractivity contribution is -0.145. The van der Waals surface area contributed by atoms with Gasteiger partial charge in [-0.1, -0.05) is 20.3 Å². The summed E-state index contributed by atoms with van der Waals surface area (Å²) in [6, 6.07) is -0.827. The van der Waals surface area contributed by atoms with Crippen LogP contribution in [0.2, 0.25) is 0 Å². The third-order valence-corrected chi connectivity index (χ3v) is 3.30. The van der Waals surface area contributed by atoms with Crippen molar-refractivity contribution in [1.29, 1.82) is 0 Å². The highest BCUT2D eigenvalue weighted by Crippen LogP contribution is 2.19. The highest BCUT2D eigenvalue weighted by Gasteiger charge is 2.32. The van der Waals surface area contributed by atoms with Gasteiger partial charge in [0.1, 0.15) is 12.1 Å². The van der Waals surface area contributed by atoms with Crippen LogP contribution in [0.1, 0.15) is 40.0 Å². The molecule has 1 rings (SSSR count). The Labute approximate surface area is 102 Å². The summed E-state index contributed by atoms with van der Waals surface area (Å²) in [5.41, 5.74) is 0. The molecule has 0 aromatic rings. The van der Waals surface area contributed by atoms with Crippen LogP contribution in [0.3, 0.4) is 0 Å². The number of nitrogens with one attached hydrogen (secondary N) is 1. The molecule has 0 spiro atoms. The molecule has 2 N–H and O–H groups in total. The van der Waals surface area contributed by atoms with E-state index in [0.717, 1.165) is 6.42 Å². The standard InChI is InChI=1S/C12H21NO4/c1-4-7(2)10(12(15)16)13-11(14)9-6-5-8(3)17-9/h7-10H,4-6H2,1-3H3,(H,13,14)(H,15,16)/t7?,8?,9?,10-/m0/s1. The minimum absolute atomic E-state index is 0.0811. The molecule has 1 fully saturated rings. The lowest BCUT2D eigenvalue weighted by Gasteiger charge is -2.22. The van der Waals surface area contributed by atoms with Crippen molar-refractivity contribution in [2.45, 2.75) is 58.3 Å². The van der Waals surface area contributed by atoms with E-state index >= 15 is 0 Å². The van der Waals surface area contributed by atoms with E-state index in [1.807, 2.05) is 20.8 Å². The SMILES string of the molecule is CCC(C)[C@H](NC(=O)C1CCC(C)O1)C(=O)O. The Balaban J connectivity index is 2.55. The second-order valence-corrected chi connectivity index (χ2v) is 4.72. The largest absolute Gasteiger partial charge is 0.480 e. The van der Waals surface area contributed by atoms with Gasteiger partial charge in [-0.15, -0.1) is 0 Å². The summed E-state index contributed by atoms with van der Waals surface area (Å²) in [5.74, 6) is -1.38. The van der Waals surface area contributed by atoms with E-state index in [1.54, 1.807) is 0 Å². The van der Waals surface area contributed by atoms with E-state index in [1.165, 1.54) is 0 Å². The minimum Gasteiger partial charge on any atom is -0.480 e. The number of ether oxygens (including phenoxy) is 1. The molecular formula is C12H21NO4. The number of carbonyl (C=O) groups is 2. The Hall–Kier alpha value is -1.10. The molecule has 1 heterocycles. The van der Waals surface area contributed by atoms with Crippen LogP contribution in [0.25, 0.3) is 0 Å². The van der Waals surface area contributed by atoms with Crippen molar-refractivity contribution in [1.82, 2.24) is 5.32 Å². The number of rotatable bonds is 5. The molecule has 0 bridgehead atoms. The van der Waals surface area contributed by atoms with Gasteiger partial charge in [-0.05, 0) is 25.7 Å². The van der Waals surface area contributed by atoms with E-state index < -0.39 is 18.1 Å². The van der Waals surface area contributed by atoms with E-state index in [9.17, 15) is 9.59 Å². The van der Waals surface area contributed by atoms with Gasteiger partial charge < -0.3 is 15.2 Å². The number of carbonyl (C=O) groups excluding carboxylic acids is 1.